The minimum Gasteiger partial charge on any atom is -0.474 e. The van der Waals surface area contributed by atoms with Crippen LogP contribution in [-0.2, 0) is 25.6 Å². The topological polar surface area (TPSA) is 142 Å². The van der Waals surface area contributed by atoms with Crippen LogP contribution >= 0.6 is 12.2 Å². The molecule has 1 aliphatic heterocycles. The number of aliphatic hydroxyl groups is 2. The van der Waals surface area contributed by atoms with Crippen molar-refractivity contribution in [2.75, 3.05) is 45.3 Å². The van der Waals surface area contributed by atoms with E-state index in [-0.39, 0.29) is 49.3 Å². The molecule has 3 N–H and O–H groups in total. The molecule has 0 spiro atoms. The van der Waals surface area contributed by atoms with Crippen LogP contribution in [0.5, 0.6) is 0 Å². The Kier molecular flexibility index (Phi) is 8.48. The number of rotatable bonds is 7. The molecular weight excluding hydrogens is 490 g/mol. The number of nitrogens with one attached hydrogen (secondary N) is 1. The summed E-state index contributed by atoms with van der Waals surface area (Å²) >= 11 is 4.87. The fourth-order valence-corrected chi connectivity index (χ4v) is 3.52. The molecule has 2 atom stereocenters. The summed E-state index contributed by atoms with van der Waals surface area (Å²) in [7, 11) is 2.42. The van der Waals surface area contributed by atoms with E-state index in [0.29, 0.717) is 5.69 Å². The Labute approximate surface area is 204 Å². The van der Waals surface area contributed by atoms with Crippen molar-refractivity contribution < 1.29 is 38.1 Å². The van der Waals surface area contributed by atoms with Crippen LogP contribution in [0.15, 0.2) is 18.3 Å². The minimum atomic E-state index is -2.03. The Morgan fingerprint density at radius 1 is 1.11 bits per heavy atom. The van der Waals surface area contributed by atoms with Crippen LogP contribution in [0.2, 0.25) is 0 Å². The highest BCUT2D eigenvalue weighted by molar-refractivity contribution is 7.80. The third-order valence-electron chi connectivity index (χ3n) is 5.31. The summed E-state index contributed by atoms with van der Waals surface area (Å²) < 4.78 is 40.2. The highest BCUT2D eigenvalue weighted by atomic mass is 32.1. The zero-order chi connectivity index (χ0) is 25.7. The van der Waals surface area contributed by atoms with Crippen LogP contribution in [-0.4, -0.2) is 99.8 Å². The second kappa shape index (κ2) is 11.3. The Hall–Kier alpha value is -3.43. The lowest BCUT2D eigenvalue weighted by Crippen LogP contribution is -2.55. The van der Waals surface area contributed by atoms with Gasteiger partial charge in [0.1, 0.15) is 11.4 Å². The number of halogens is 2. The number of piperazine rings is 1. The van der Waals surface area contributed by atoms with Gasteiger partial charge < -0.3 is 34.8 Å². The first-order chi connectivity index (χ1) is 16.7. The number of ether oxygens (including phenoxy) is 2. The first-order valence-corrected chi connectivity index (χ1v) is 10.8. The summed E-state index contributed by atoms with van der Waals surface area (Å²) in [5.41, 5.74) is 0.309. The second-order valence-corrected chi connectivity index (χ2v) is 7.85. The maximum Gasteiger partial charge on any atom is 0.338 e. The number of aliphatic hydroxyl groups excluding tert-OH is 2. The van der Waals surface area contributed by atoms with E-state index in [1.807, 2.05) is 0 Å². The van der Waals surface area contributed by atoms with Crippen LogP contribution in [0.4, 0.5) is 14.5 Å². The lowest BCUT2D eigenvalue weighted by atomic mass is 10.1. The molecule has 1 fully saturated rings. The number of aromatic nitrogens is 3. The largest absolute Gasteiger partial charge is 0.474 e. The second-order valence-electron chi connectivity index (χ2n) is 7.48. The highest BCUT2D eigenvalue weighted by Crippen LogP contribution is 2.27. The monoisotopic (exact) mass is 514 g/mol. The van der Waals surface area contributed by atoms with E-state index in [4.69, 9.17) is 17.0 Å². The van der Waals surface area contributed by atoms with Crippen LogP contribution in [0.1, 0.15) is 5.69 Å². The molecule has 2 heterocycles. The lowest BCUT2D eigenvalue weighted by molar-refractivity contribution is -0.164. The molecule has 0 unspecified atom stereocenters. The quantitative estimate of drug-likeness (QED) is 0.313. The summed E-state index contributed by atoms with van der Waals surface area (Å²) in [5, 5.41) is 30.3. The molecule has 0 radical (unpaired) electrons. The van der Waals surface area contributed by atoms with Gasteiger partial charge in [-0.05, 0) is 12.2 Å². The van der Waals surface area contributed by atoms with Crippen molar-refractivity contribution in [3.63, 3.8) is 0 Å². The maximum atomic E-state index is 14.9. The molecule has 1 aliphatic rings. The Morgan fingerprint density at radius 3 is 2.31 bits per heavy atom. The third-order valence-corrected chi connectivity index (χ3v) is 5.62. The fourth-order valence-electron chi connectivity index (χ4n) is 3.45. The average Bonchev–Trinajstić information content (AvgIpc) is 3.34. The molecule has 12 nitrogen and oxygen atoms in total. The van der Waals surface area contributed by atoms with Gasteiger partial charge in [0.2, 0.25) is 0 Å². The van der Waals surface area contributed by atoms with E-state index < -0.39 is 35.7 Å². The number of hydrogen-bond donors (Lipinski definition) is 3. The van der Waals surface area contributed by atoms with E-state index in [1.165, 1.54) is 27.8 Å². The molecule has 0 bridgehead atoms. The number of thiocarbonyl (C=S) groups is 1. The lowest BCUT2D eigenvalue weighted by Gasteiger charge is -2.37. The number of esters is 1. The standard InChI is InChI=1S/C20H24F2N6O6S/c1-33-19(32)17(30)16(29)18(31)27-5-3-26(4-6-27)15-13(21)7-12(8-14(15)22)28-10-11(24-25-28)9-23-20(35)34-2/h7-8,10,16-17,29-30H,3-6,9H2,1-2H3,(H,23,35)/t16-,17+/m1/s1. The van der Waals surface area contributed by atoms with Gasteiger partial charge in [-0.1, -0.05) is 5.21 Å². The number of hydrogen-bond acceptors (Lipinski definition) is 10. The molecule has 35 heavy (non-hydrogen) atoms. The van der Waals surface area contributed by atoms with Crippen LogP contribution in [0.25, 0.3) is 5.69 Å². The van der Waals surface area contributed by atoms with Crippen LogP contribution < -0.4 is 10.2 Å². The van der Waals surface area contributed by atoms with Gasteiger partial charge in [-0.3, -0.25) is 4.79 Å². The summed E-state index contributed by atoms with van der Waals surface area (Å²) in [5.74, 6) is -3.71. The Morgan fingerprint density at radius 2 is 1.74 bits per heavy atom. The summed E-state index contributed by atoms with van der Waals surface area (Å²) in [6, 6.07) is 2.22. The molecule has 1 saturated heterocycles. The van der Waals surface area contributed by atoms with Gasteiger partial charge in [-0.25, -0.2) is 18.3 Å². The number of anilines is 1. The van der Waals surface area contributed by atoms with E-state index in [0.717, 1.165) is 19.2 Å². The first-order valence-electron chi connectivity index (χ1n) is 10.4. The molecule has 1 aromatic heterocycles. The van der Waals surface area contributed by atoms with Gasteiger partial charge in [-0.2, -0.15) is 0 Å². The van der Waals surface area contributed by atoms with E-state index >= 15 is 0 Å². The van der Waals surface area contributed by atoms with Crippen molar-refractivity contribution in [3.8, 4) is 5.69 Å². The van der Waals surface area contributed by atoms with Crippen molar-refractivity contribution >= 4 is 35.0 Å². The first kappa shape index (κ1) is 26.2. The van der Waals surface area contributed by atoms with Gasteiger partial charge in [-0.15, -0.1) is 5.10 Å². The molecule has 1 aromatic carbocycles. The number of nitrogens with zero attached hydrogens (tertiary/aromatic N) is 5. The molecule has 190 valence electrons. The van der Waals surface area contributed by atoms with Gasteiger partial charge in [0, 0.05) is 38.3 Å². The van der Waals surface area contributed by atoms with Crippen molar-refractivity contribution in [1.82, 2.24) is 25.2 Å². The molecule has 1 amide bonds. The number of carbonyl (C=O) groups is 2. The molecule has 0 aliphatic carbocycles. The normalized spacial score (nSPS) is 15.4. The van der Waals surface area contributed by atoms with Crippen LogP contribution in [0.3, 0.4) is 0 Å². The Balaban J connectivity index is 1.66. The van der Waals surface area contributed by atoms with Gasteiger partial charge in [0.25, 0.3) is 11.1 Å². The Bertz CT molecular complexity index is 1070. The van der Waals surface area contributed by atoms with Gasteiger partial charge >= 0.3 is 5.97 Å². The molecule has 15 heteroatoms. The zero-order valence-corrected chi connectivity index (χ0v) is 19.7. The van der Waals surface area contributed by atoms with Crippen molar-refractivity contribution in [2.45, 2.75) is 18.8 Å². The third kappa shape index (κ3) is 5.98. The zero-order valence-electron chi connectivity index (χ0n) is 18.8. The van der Waals surface area contributed by atoms with Crippen molar-refractivity contribution in [3.05, 3.63) is 35.7 Å². The summed E-state index contributed by atoms with van der Waals surface area (Å²) in [4.78, 5) is 26.3. The predicted octanol–water partition coefficient (Wildman–Crippen LogP) is -0.890. The van der Waals surface area contributed by atoms with Gasteiger partial charge in [0.15, 0.2) is 23.8 Å². The van der Waals surface area contributed by atoms with Crippen molar-refractivity contribution in [1.29, 1.82) is 0 Å². The minimum absolute atomic E-state index is 0.00713. The smallest absolute Gasteiger partial charge is 0.338 e. The number of carbonyl (C=O) groups excluding carboxylic acids is 2. The molecular formula is C20H24F2N6O6S. The van der Waals surface area contributed by atoms with Crippen molar-refractivity contribution in [2.24, 2.45) is 0 Å². The average molecular weight is 515 g/mol. The molecule has 3 rings (SSSR count). The fraction of sp³-hybridized carbons (Fsp3) is 0.450. The van der Waals surface area contributed by atoms with E-state index in [9.17, 15) is 28.6 Å². The van der Waals surface area contributed by atoms with E-state index in [2.05, 4.69) is 20.4 Å². The predicted molar refractivity (Wildman–Crippen MR) is 121 cm³/mol. The number of amides is 1. The summed E-state index contributed by atoms with van der Waals surface area (Å²) in [6.07, 6.45) is -2.55. The van der Waals surface area contributed by atoms with Crippen LogP contribution in [0, 0.1) is 11.6 Å². The summed E-state index contributed by atoms with van der Waals surface area (Å²) in [6.45, 7) is 0.335. The maximum absolute atomic E-state index is 14.9. The number of benzene rings is 1. The SMILES string of the molecule is COC(=O)[C@@H](O)[C@@H](O)C(=O)N1CCN(c2c(F)cc(-n3cc(CNC(=S)OC)nn3)cc2F)CC1. The molecule has 2 aromatic rings. The number of methoxy groups -OCH3 is 2. The van der Waals surface area contributed by atoms with E-state index in [1.54, 1.807) is 0 Å². The highest BCUT2D eigenvalue weighted by Gasteiger charge is 2.35. The molecule has 0 saturated carbocycles. The van der Waals surface area contributed by atoms with Gasteiger partial charge in [0.05, 0.1) is 32.6 Å².